The van der Waals surface area contributed by atoms with E-state index < -0.39 is 6.04 Å². The zero-order valence-corrected chi connectivity index (χ0v) is 12.4. The molecule has 0 aromatic heterocycles. The molecule has 0 spiro atoms. The quantitative estimate of drug-likeness (QED) is 0.828. The highest BCUT2D eigenvalue weighted by Gasteiger charge is 2.20. The van der Waals surface area contributed by atoms with Gasteiger partial charge in [0, 0.05) is 6.54 Å². The summed E-state index contributed by atoms with van der Waals surface area (Å²) in [7, 11) is 0. The zero-order valence-electron chi connectivity index (χ0n) is 12.4. The first-order valence-electron chi connectivity index (χ1n) is 7.01. The average Bonchev–Trinajstić information content (AvgIpc) is 2.38. The molecule has 1 rings (SSSR count). The molecular formula is C16H26N2O. The molecule has 1 aromatic rings. The summed E-state index contributed by atoms with van der Waals surface area (Å²) < 4.78 is 0. The van der Waals surface area contributed by atoms with Gasteiger partial charge in [0.25, 0.3) is 0 Å². The van der Waals surface area contributed by atoms with Crippen LogP contribution in [0.1, 0.15) is 39.3 Å². The highest BCUT2D eigenvalue weighted by atomic mass is 16.2. The molecule has 19 heavy (non-hydrogen) atoms. The SMILES string of the molecule is CC(C)C(CNC(=O)[C@H](N)c1ccccc1)C(C)C. The molecule has 0 aliphatic rings. The average molecular weight is 262 g/mol. The standard InChI is InChI=1S/C16H26N2O/c1-11(2)14(12(3)4)10-18-16(19)15(17)13-8-6-5-7-9-13/h5-9,11-12,14-15H,10,17H2,1-4H3,(H,18,19)/t15-/m1/s1. The molecule has 1 amide bonds. The van der Waals surface area contributed by atoms with E-state index in [4.69, 9.17) is 5.73 Å². The van der Waals surface area contributed by atoms with Crippen molar-refractivity contribution in [1.29, 1.82) is 0 Å². The van der Waals surface area contributed by atoms with Crippen LogP contribution in [0, 0.1) is 17.8 Å². The van der Waals surface area contributed by atoms with Crippen LogP contribution in [0.2, 0.25) is 0 Å². The highest BCUT2D eigenvalue weighted by molar-refractivity contribution is 5.82. The van der Waals surface area contributed by atoms with Gasteiger partial charge in [-0.05, 0) is 23.3 Å². The minimum absolute atomic E-state index is 0.0995. The van der Waals surface area contributed by atoms with Crippen molar-refractivity contribution < 1.29 is 4.79 Å². The number of rotatable bonds is 6. The smallest absolute Gasteiger partial charge is 0.241 e. The van der Waals surface area contributed by atoms with E-state index in [9.17, 15) is 4.79 Å². The van der Waals surface area contributed by atoms with E-state index in [2.05, 4.69) is 33.0 Å². The molecule has 3 N–H and O–H groups in total. The van der Waals surface area contributed by atoms with Crippen molar-refractivity contribution in [2.45, 2.75) is 33.7 Å². The van der Waals surface area contributed by atoms with Crippen LogP contribution in [-0.2, 0) is 4.79 Å². The third-order valence-corrected chi connectivity index (χ3v) is 3.67. The molecule has 0 saturated carbocycles. The predicted molar refractivity (Wildman–Crippen MR) is 79.5 cm³/mol. The molecule has 106 valence electrons. The number of carbonyl (C=O) groups is 1. The van der Waals surface area contributed by atoms with Gasteiger partial charge in [-0.1, -0.05) is 58.0 Å². The van der Waals surface area contributed by atoms with Crippen LogP contribution in [-0.4, -0.2) is 12.5 Å². The molecule has 0 aliphatic carbocycles. The minimum Gasteiger partial charge on any atom is -0.354 e. The summed E-state index contributed by atoms with van der Waals surface area (Å²) in [6.07, 6.45) is 0. The Kier molecular flexibility index (Phi) is 6.03. The number of amides is 1. The first kappa shape index (κ1) is 15.7. The Morgan fingerprint density at radius 3 is 2.11 bits per heavy atom. The van der Waals surface area contributed by atoms with Gasteiger partial charge in [-0.2, -0.15) is 0 Å². The Hall–Kier alpha value is -1.35. The van der Waals surface area contributed by atoms with Gasteiger partial charge in [0.1, 0.15) is 6.04 Å². The summed E-state index contributed by atoms with van der Waals surface area (Å²) in [6, 6.07) is 8.89. The summed E-state index contributed by atoms with van der Waals surface area (Å²) in [6.45, 7) is 9.44. The van der Waals surface area contributed by atoms with Crippen molar-refractivity contribution in [3.8, 4) is 0 Å². The topological polar surface area (TPSA) is 55.1 Å². The van der Waals surface area contributed by atoms with E-state index in [-0.39, 0.29) is 5.91 Å². The Morgan fingerprint density at radius 2 is 1.63 bits per heavy atom. The van der Waals surface area contributed by atoms with Crippen molar-refractivity contribution in [2.75, 3.05) is 6.54 Å². The number of carbonyl (C=O) groups excluding carboxylic acids is 1. The van der Waals surface area contributed by atoms with E-state index in [1.807, 2.05) is 30.3 Å². The van der Waals surface area contributed by atoms with Crippen molar-refractivity contribution in [3.63, 3.8) is 0 Å². The summed E-state index contributed by atoms with van der Waals surface area (Å²) in [5.41, 5.74) is 6.82. The highest BCUT2D eigenvalue weighted by Crippen LogP contribution is 2.19. The van der Waals surface area contributed by atoms with Crippen LogP contribution >= 0.6 is 0 Å². The molecule has 0 unspecified atom stereocenters. The van der Waals surface area contributed by atoms with Crippen molar-refractivity contribution >= 4 is 5.91 Å². The number of hydrogen-bond acceptors (Lipinski definition) is 2. The van der Waals surface area contributed by atoms with Crippen LogP contribution in [0.15, 0.2) is 30.3 Å². The number of hydrogen-bond donors (Lipinski definition) is 2. The van der Waals surface area contributed by atoms with Gasteiger partial charge in [-0.3, -0.25) is 4.79 Å². The van der Waals surface area contributed by atoms with E-state index >= 15 is 0 Å². The fourth-order valence-electron chi connectivity index (χ4n) is 2.38. The van der Waals surface area contributed by atoms with Crippen molar-refractivity contribution in [1.82, 2.24) is 5.32 Å². The maximum absolute atomic E-state index is 12.1. The van der Waals surface area contributed by atoms with Gasteiger partial charge < -0.3 is 11.1 Å². The van der Waals surface area contributed by atoms with Crippen LogP contribution < -0.4 is 11.1 Å². The summed E-state index contributed by atoms with van der Waals surface area (Å²) in [5.74, 6) is 1.48. The Labute approximate surface area is 116 Å². The second kappa shape index (κ2) is 7.29. The predicted octanol–water partition coefficient (Wildman–Crippen LogP) is 2.73. The van der Waals surface area contributed by atoms with Crippen molar-refractivity contribution in [3.05, 3.63) is 35.9 Å². The molecule has 0 saturated heterocycles. The van der Waals surface area contributed by atoms with Crippen LogP contribution in [0.25, 0.3) is 0 Å². The van der Waals surface area contributed by atoms with Gasteiger partial charge >= 0.3 is 0 Å². The third kappa shape index (κ3) is 4.67. The monoisotopic (exact) mass is 262 g/mol. The number of nitrogens with two attached hydrogens (primary N) is 1. The largest absolute Gasteiger partial charge is 0.354 e. The Balaban J connectivity index is 2.56. The van der Waals surface area contributed by atoms with Gasteiger partial charge in [-0.15, -0.1) is 0 Å². The number of benzene rings is 1. The Bertz CT molecular complexity index is 379. The lowest BCUT2D eigenvalue weighted by molar-refractivity contribution is -0.122. The molecule has 0 aliphatic heterocycles. The number of nitrogens with one attached hydrogen (secondary N) is 1. The normalized spacial score (nSPS) is 13.1. The maximum atomic E-state index is 12.1. The summed E-state index contributed by atoms with van der Waals surface area (Å²) in [5, 5.41) is 2.98. The van der Waals surface area contributed by atoms with Crippen LogP contribution in [0.3, 0.4) is 0 Å². The van der Waals surface area contributed by atoms with Gasteiger partial charge in [0.2, 0.25) is 5.91 Å². The lowest BCUT2D eigenvalue weighted by Crippen LogP contribution is -2.39. The van der Waals surface area contributed by atoms with Gasteiger partial charge in [0.05, 0.1) is 0 Å². The minimum atomic E-state index is -0.582. The van der Waals surface area contributed by atoms with Crippen LogP contribution in [0.4, 0.5) is 0 Å². The van der Waals surface area contributed by atoms with E-state index in [1.54, 1.807) is 0 Å². The molecule has 0 heterocycles. The summed E-state index contributed by atoms with van der Waals surface area (Å²) in [4.78, 5) is 12.1. The summed E-state index contributed by atoms with van der Waals surface area (Å²) >= 11 is 0. The molecule has 1 aromatic carbocycles. The molecule has 3 nitrogen and oxygen atoms in total. The van der Waals surface area contributed by atoms with E-state index in [0.29, 0.717) is 24.3 Å². The second-order valence-corrected chi connectivity index (χ2v) is 5.79. The van der Waals surface area contributed by atoms with Gasteiger partial charge in [0.15, 0.2) is 0 Å². The second-order valence-electron chi connectivity index (χ2n) is 5.79. The van der Waals surface area contributed by atoms with Gasteiger partial charge in [-0.25, -0.2) is 0 Å². The fraction of sp³-hybridized carbons (Fsp3) is 0.562. The zero-order chi connectivity index (χ0) is 14.4. The lowest BCUT2D eigenvalue weighted by atomic mass is 9.85. The first-order valence-corrected chi connectivity index (χ1v) is 7.01. The van der Waals surface area contributed by atoms with E-state index in [1.165, 1.54) is 0 Å². The molecule has 0 radical (unpaired) electrons. The molecule has 0 fully saturated rings. The maximum Gasteiger partial charge on any atom is 0.241 e. The first-order chi connectivity index (χ1) is 8.93. The molecular weight excluding hydrogens is 236 g/mol. The lowest BCUT2D eigenvalue weighted by Gasteiger charge is -2.25. The Morgan fingerprint density at radius 1 is 1.11 bits per heavy atom. The van der Waals surface area contributed by atoms with E-state index in [0.717, 1.165) is 5.56 Å². The fourth-order valence-corrected chi connectivity index (χ4v) is 2.38. The molecule has 1 atom stereocenters. The molecule has 3 heteroatoms. The van der Waals surface area contributed by atoms with Crippen LogP contribution in [0.5, 0.6) is 0 Å². The third-order valence-electron chi connectivity index (χ3n) is 3.67. The van der Waals surface area contributed by atoms with Crippen molar-refractivity contribution in [2.24, 2.45) is 23.5 Å². The molecule has 0 bridgehead atoms.